The number of para-hydroxylation sites is 2. The Morgan fingerprint density at radius 2 is 1.86 bits per heavy atom. The maximum atomic E-state index is 12.5. The number of fused-ring (bicyclic) bond motifs is 3. The summed E-state index contributed by atoms with van der Waals surface area (Å²) in [4.78, 5) is 17.2. The zero-order valence-electron chi connectivity index (χ0n) is 17.6. The third-order valence-corrected chi connectivity index (χ3v) is 7.02. The van der Waals surface area contributed by atoms with Gasteiger partial charge in [-0.25, -0.2) is 0 Å². The van der Waals surface area contributed by atoms with Gasteiger partial charge < -0.3 is 9.64 Å². The van der Waals surface area contributed by atoms with Crippen molar-refractivity contribution in [1.82, 2.24) is 4.90 Å². The first-order valence-electron chi connectivity index (χ1n) is 11.4. The molecule has 4 heteroatoms. The van der Waals surface area contributed by atoms with Crippen LogP contribution in [0.3, 0.4) is 0 Å². The fourth-order valence-electron chi connectivity index (χ4n) is 5.69. The minimum Gasteiger partial charge on any atom is -0.482 e. The first-order valence-corrected chi connectivity index (χ1v) is 11.4. The lowest BCUT2D eigenvalue weighted by atomic mass is 9.86. The Balaban J connectivity index is 1.34. The number of hydrogen-bond acceptors (Lipinski definition) is 3. The maximum absolute atomic E-state index is 12.5. The van der Waals surface area contributed by atoms with E-state index in [9.17, 15) is 4.79 Å². The van der Waals surface area contributed by atoms with Crippen LogP contribution in [0.5, 0.6) is 5.75 Å². The smallest absolute Gasteiger partial charge is 0.265 e. The van der Waals surface area contributed by atoms with Gasteiger partial charge in [-0.2, -0.15) is 0 Å². The van der Waals surface area contributed by atoms with Crippen LogP contribution in [0.4, 0.5) is 5.69 Å². The summed E-state index contributed by atoms with van der Waals surface area (Å²) in [6, 6.07) is 9.48. The average Bonchev–Trinajstić information content (AvgIpc) is 2.92. The molecule has 3 aliphatic rings. The van der Waals surface area contributed by atoms with E-state index in [4.69, 9.17) is 4.74 Å². The van der Waals surface area contributed by atoms with E-state index < -0.39 is 0 Å². The van der Waals surface area contributed by atoms with Gasteiger partial charge in [0.1, 0.15) is 5.75 Å². The Kier molecular flexibility index (Phi) is 6.25. The van der Waals surface area contributed by atoms with Crippen LogP contribution in [0.15, 0.2) is 24.3 Å². The number of rotatable bonds is 8. The Hall–Kier alpha value is -1.55. The quantitative estimate of drug-likeness (QED) is 0.599. The largest absolute Gasteiger partial charge is 0.482 e. The molecule has 154 valence electrons. The molecule has 2 bridgehead atoms. The third-order valence-electron chi connectivity index (χ3n) is 7.02. The second-order valence-corrected chi connectivity index (χ2v) is 9.28. The normalized spacial score (nSPS) is 28.1. The summed E-state index contributed by atoms with van der Waals surface area (Å²) in [5.74, 6) is 2.34. The lowest BCUT2D eigenvalue weighted by Gasteiger charge is -2.41. The highest BCUT2D eigenvalue weighted by Crippen LogP contribution is 2.41. The Labute approximate surface area is 170 Å². The van der Waals surface area contributed by atoms with Crippen molar-refractivity contribution in [2.75, 3.05) is 24.6 Å². The van der Waals surface area contributed by atoms with Gasteiger partial charge in [-0.15, -0.1) is 0 Å². The van der Waals surface area contributed by atoms with Gasteiger partial charge in [0.25, 0.3) is 5.91 Å². The Morgan fingerprint density at radius 1 is 1.11 bits per heavy atom. The molecule has 4 atom stereocenters. The van der Waals surface area contributed by atoms with Gasteiger partial charge in [-0.1, -0.05) is 51.7 Å². The molecular formula is C24H36N2O2. The van der Waals surface area contributed by atoms with Gasteiger partial charge in [0.05, 0.1) is 5.69 Å². The van der Waals surface area contributed by atoms with Crippen molar-refractivity contribution < 1.29 is 9.53 Å². The predicted octanol–water partition coefficient (Wildman–Crippen LogP) is 4.87. The van der Waals surface area contributed by atoms with Crippen LogP contribution in [0.25, 0.3) is 0 Å². The molecule has 3 aliphatic heterocycles. The van der Waals surface area contributed by atoms with Crippen molar-refractivity contribution in [2.24, 2.45) is 11.8 Å². The van der Waals surface area contributed by atoms with Gasteiger partial charge in [0, 0.05) is 25.2 Å². The Morgan fingerprint density at radius 3 is 2.61 bits per heavy atom. The zero-order valence-corrected chi connectivity index (χ0v) is 17.6. The molecule has 1 aromatic rings. The number of hydrogen-bond donors (Lipinski definition) is 0. The van der Waals surface area contributed by atoms with Crippen molar-refractivity contribution in [3.63, 3.8) is 0 Å². The summed E-state index contributed by atoms with van der Waals surface area (Å²) in [6.45, 7) is 6.67. The minimum absolute atomic E-state index is 0.0863. The van der Waals surface area contributed by atoms with Crippen molar-refractivity contribution in [3.05, 3.63) is 24.3 Å². The van der Waals surface area contributed by atoms with E-state index in [1.807, 2.05) is 29.2 Å². The van der Waals surface area contributed by atoms with E-state index in [0.29, 0.717) is 5.92 Å². The number of unbranched alkanes of at least 4 members (excludes halogenated alkanes) is 2. The molecule has 0 saturated carbocycles. The first-order chi connectivity index (χ1) is 13.7. The van der Waals surface area contributed by atoms with Gasteiger partial charge in [0.2, 0.25) is 0 Å². The number of piperidine rings is 1. The zero-order chi connectivity index (χ0) is 19.5. The fraction of sp³-hybridized carbons (Fsp3) is 0.708. The summed E-state index contributed by atoms with van der Waals surface area (Å²) < 4.78 is 5.59. The lowest BCUT2D eigenvalue weighted by molar-refractivity contribution is -0.121. The van der Waals surface area contributed by atoms with Crippen LogP contribution in [0.1, 0.15) is 65.2 Å². The number of nitrogens with zero attached hydrogens (tertiary/aromatic N) is 2. The van der Waals surface area contributed by atoms with Gasteiger partial charge in [0.15, 0.2) is 6.61 Å². The fourth-order valence-corrected chi connectivity index (χ4v) is 5.69. The lowest BCUT2D eigenvalue weighted by Crippen LogP contribution is -2.48. The molecule has 2 saturated heterocycles. The molecule has 1 amide bonds. The second-order valence-electron chi connectivity index (χ2n) is 9.28. The summed E-state index contributed by atoms with van der Waals surface area (Å²) in [5, 5.41) is 0. The number of benzene rings is 1. The molecule has 4 rings (SSSR count). The predicted molar refractivity (Wildman–Crippen MR) is 114 cm³/mol. The van der Waals surface area contributed by atoms with Crippen LogP contribution in [0.2, 0.25) is 0 Å². The highest BCUT2D eigenvalue weighted by atomic mass is 16.5. The number of ether oxygens (including phenoxy) is 1. The third kappa shape index (κ3) is 4.22. The van der Waals surface area contributed by atoms with E-state index >= 15 is 0 Å². The van der Waals surface area contributed by atoms with Crippen molar-refractivity contribution in [1.29, 1.82) is 0 Å². The molecule has 28 heavy (non-hydrogen) atoms. The summed E-state index contributed by atoms with van der Waals surface area (Å²) in [5.41, 5.74) is 0.934. The molecule has 0 spiro atoms. The molecular weight excluding hydrogens is 348 g/mol. The van der Waals surface area contributed by atoms with Crippen molar-refractivity contribution in [2.45, 2.75) is 77.3 Å². The van der Waals surface area contributed by atoms with Crippen molar-refractivity contribution in [3.8, 4) is 5.75 Å². The first kappa shape index (κ1) is 19.8. The van der Waals surface area contributed by atoms with Crippen molar-refractivity contribution >= 4 is 11.6 Å². The number of anilines is 1. The number of carbonyl (C=O) groups is 1. The molecule has 0 aromatic heterocycles. The molecule has 3 unspecified atom stereocenters. The van der Waals surface area contributed by atoms with Crippen LogP contribution in [-0.2, 0) is 4.79 Å². The standard InChI is InChI=1S/C24H36N2O2/c1-3-4-5-8-19-13-20-11-12-21(14-19)25(20)15-18(2)16-26-22-9-6-7-10-23(22)28-17-24(26)27/h6-7,9-10,18-21H,3-5,8,11-17H2,1-2H3/t18?,19?,20-,21?/m1/s1. The molecule has 0 N–H and O–H groups in total. The SMILES string of the molecule is CCCCCC1CC2CC[C@H](C1)N2CC(C)CN1C(=O)COc2ccccc21. The maximum Gasteiger partial charge on any atom is 0.265 e. The van der Waals surface area contributed by atoms with E-state index in [1.54, 1.807) is 0 Å². The van der Waals surface area contributed by atoms with E-state index in [2.05, 4.69) is 18.7 Å². The molecule has 1 aromatic carbocycles. The van der Waals surface area contributed by atoms with Crippen LogP contribution in [-0.4, -0.2) is 42.6 Å². The van der Waals surface area contributed by atoms with E-state index in [1.165, 1.54) is 51.4 Å². The topological polar surface area (TPSA) is 32.8 Å². The minimum atomic E-state index is 0.0863. The highest BCUT2D eigenvalue weighted by molar-refractivity contribution is 5.97. The molecule has 0 radical (unpaired) electrons. The Bertz CT molecular complexity index is 662. The van der Waals surface area contributed by atoms with Crippen LogP contribution < -0.4 is 9.64 Å². The molecule has 0 aliphatic carbocycles. The van der Waals surface area contributed by atoms with Crippen LogP contribution >= 0.6 is 0 Å². The number of carbonyl (C=O) groups excluding carboxylic acids is 1. The average molecular weight is 385 g/mol. The van der Waals surface area contributed by atoms with Gasteiger partial charge in [-0.3, -0.25) is 9.69 Å². The summed E-state index contributed by atoms with van der Waals surface area (Å²) in [7, 11) is 0. The molecule has 3 heterocycles. The van der Waals surface area contributed by atoms with Gasteiger partial charge in [-0.05, 0) is 49.7 Å². The van der Waals surface area contributed by atoms with Gasteiger partial charge >= 0.3 is 0 Å². The van der Waals surface area contributed by atoms with E-state index in [-0.39, 0.29) is 12.5 Å². The molecule has 2 fully saturated rings. The summed E-state index contributed by atoms with van der Waals surface area (Å²) >= 11 is 0. The van der Waals surface area contributed by atoms with Crippen LogP contribution in [0, 0.1) is 11.8 Å². The second kappa shape index (κ2) is 8.86. The highest BCUT2D eigenvalue weighted by Gasteiger charge is 2.41. The summed E-state index contributed by atoms with van der Waals surface area (Å²) in [6.07, 6.45) is 11.1. The molecule has 4 nitrogen and oxygen atoms in total. The van der Waals surface area contributed by atoms with E-state index in [0.717, 1.165) is 42.5 Å². The number of amides is 1. The monoisotopic (exact) mass is 384 g/mol.